The summed E-state index contributed by atoms with van der Waals surface area (Å²) >= 11 is 0. The highest BCUT2D eigenvalue weighted by Crippen LogP contribution is 2.43. The minimum Gasteiger partial charge on any atom is -0.508 e. The summed E-state index contributed by atoms with van der Waals surface area (Å²) in [6.45, 7) is 0.410. The first-order valence-electron chi connectivity index (χ1n) is 14.5. The lowest BCUT2D eigenvalue weighted by atomic mass is 9.88. The minimum absolute atomic E-state index is 0.0546. The number of fused-ring (bicyclic) bond motifs is 1. The molecule has 1 aromatic rings. The summed E-state index contributed by atoms with van der Waals surface area (Å²) in [5.41, 5.74) is 1.01. The molecule has 0 bridgehead atoms. The zero-order chi connectivity index (χ0) is 32.4. The van der Waals surface area contributed by atoms with Crippen molar-refractivity contribution in [3.63, 3.8) is 0 Å². The Kier molecular flexibility index (Phi) is 10.6. The quantitative estimate of drug-likeness (QED) is 0.0832. The molecule has 1 aliphatic carbocycles. The molecular formula is C30H38O15. The van der Waals surface area contributed by atoms with Crippen LogP contribution in [0, 0.1) is 11.8 Å². The van der Waals surface area contributed by atoms with Gasteiger partial charge in [-0.25, -0.2) is 4.79 Å². The fourth-order valence-corrected chi connectivity index (χ4v) is 5.80. The van der Waals surface area contributed by atoms with Gasteiger partial charge < -0.3 is 69.3 Å². The van der Waals surface area contributed by atoms with E-state index in [1.165, 1.54) is 31.4 Å². The molecule has 1 aromatic carbocycles. The van der Waals surface area contributed by atoms with Gasteiger partial charge >= 0.3 is 5.97 Å². The van der Waals surface area contributed by atoms with Gasteiger partial charge in [-0.2, -0.15) is 0 Å². The first-order chi connectivity index (χ1) is 21.5. The molecule has 4 aliphatic rings. The number of aliphatic hydroxyl groups is 7. The van der Waals surface area contributed by atoms with Gasteiger partial charge in [0, 0.05) is 12.0 Å². The van der Waals surface area contributed by atoms with E-state index in [-0.39, 0.29) is 5.75 Å². The Morgan fingerprint density at radius 2 is 1.62 bits per heavy atom. The van der Waals surface area contributed by atoms with Crippen molar-refractivity contribution in [2.45, 2.75) is 80.7 Å². The molecule has 2 fully saturated rings. The summed E-state index contributed by atoms with van der Waals surface area (Å²) in [5, 5.41) is 81.1. The summed E-state index contributed by atoms with van der Waals surface area (Å²) in [6.07, 6.45) is -9.27. The molecule has 5 rings (SSSR count). The molecule has 0 saturated carbocycles. The van der Waals surface area contributed by atoms with Crippen LogP contribution in [0.25, 0.3) is 6.08 Å². The van der Waals surface area contributed by atoms with Crippen molar-refractivity contribution in [3.05, 3.63) is 59.9 Å². The van der Waals surface area contributed by atoms with E-state index in [1.807, 2.05) is 0 Å². The highest BCUT2D eigenvalue weighted by Gasteiger charge is 2.52. The Bertz CT molecular complexity index is 1250. The number of aromatic hydroxyl groups is 1. The van der Waals surface area contributed by atoms with Crippen LogP contribution in [0.4, 0.5) is 0 Å². The number of carbonyl (C=O) groups excluding carboxylic acids is 1. The summed E-state index contributed by atoms with van der Waals surface area (Å²) in [4.78, 5) is 12.7. The molecule has 2 saturated heterocycles. The summed E-state index contributed by atoms with van der Waals surface area (Å²) in [7, 11) is 0. The maximum absolute atomic E-state index is 12.7. The van der Waals surface area contributed by atoms with E-state index in [4.69, 9.17) is 28.4 Å². The molecule has 15 nitrogen and oxygen atoms in total. The molecule has 3 heterocycles. The van der Waals surface area contributed by atoms with Crippen LogP contribution in [-0.2, 0) is 33.2 Å². The summed E-state index contributed by atoms with van der Waals surface area (Å²) in [5.74, 6) is -2.08. The van der Waals surface area contributed by atoms with E-state index >= 15 is 0 Å². The van der Waals surface area contributed by atoms with Gasteiger partial charge in [0.25, 0.3) is 0 Å². The monoisotopic (exact) mass is 638 g/mol. The lowest BCUT2D eigenvalue weighted by Gasteiger charge is -2.43. The van der Waals surface area contributed by atoms with Gasteiger partial charge in [-0.1, -0.05) is 18.2 Å². The number of hydrogen-bond acceptors (Lipinski definition) is 15. The van der Waals surface area contributed by atoms with Crippen molar-refractivity contribution >= 4 is 12.0 Å². The van der Waals surface area contributed by atoms with Gasteiger partial charge in [-0.15, -0.1) is 0 Å². The first-order valence-corrected chi connectivity index (χ1v) is 14.5. The molecule has 3 aliphatic heterocycles. The fourth-order valence-electron chi connectivity index (χ4n) is 5.80. The Morgan fingerprint density at radius 1 is 0.889 bits per heavy atom. The number of ether oxygens (including phenoxy) is 6. The van der Waals surface area contributed by atoms with Gasteiger partial charge in [-0.05, 0) is 42.3 Å². The van der Waals surface area contributed by atoms with E-state index < -0.39 is 105 Å². The summed E-state index contributed by atoms with van der Waals surface area (Å²) < 4.78 is 34.4. The normalized spacial score (nSPS) is 41.4. The zero-order valence-corrected chi connectivity index (χ0v) is 24.1. The molecular weight excluding hydrogens is 600 g/mol. The lowest BCUT2D eigenvalue weighted by Crippen LogP contribution is -2.60. The molecule has 14 atom stereocenters. The molecule has 0 aromatic heterocycles. The predicted molar refractivity (Wildman–Crippen MR) is 149 cm³/mol. The summed E-state index contributed by atoms with van der Waals surface area (Å²) in [6, 6.07) is 6.04. The smallest absolute Gasteiger partial charge is 0.331 e. The average molecular weight is 639 g/mol. The minimum atomic E-state index is -1.69. The van der Waals surface area contributed by atoms with Gasteiger partial charge in [-0.3, -0.25) is 0 Å². The fraction of sp³-hybridized carbons (Fsp3) is 0.567. The van der Waals surface area contributed by atoms with Crippen LogP contribution in [-0.4, -0.2) is 134 Å². The number of rotatable bonds is 9. The molecule has 45 heavy (non-hydrogen) atoms. The zero-order valence-electron chi connectivity index (χ0n) is 24.1. The van der Waals surface area contributed by atoms with Crippen LogP contribution in [0.15, 0.2) is 54.3 Å². The third kappa shape index (κ3) is 7.08. The number of hydrogen-bond donors (Lipinski definition) is 8. The molecule has 0 radical (unpaired) electrons. The third-order valence-electron chi connectivity index (χ3n) is 8.34. The number of phenolic OH excluding ortho intramolecular Hbond substituents is 1. The van der Waals surface area contributed by atoms with Crippen LogP contribution < -0.4 is 0 Å². The van der Waals surface area contributed by atoms with Gasteiger partial charge in [0.15, 0.2) is 18.7 Å². The number of phenols is 1. The maximum atomic E-state index is 12.7. The number of carbonyl (C=O) groups is 1. The van der Waals surface area contributed by atoms with E-state index in [1.54, 1.807) is 24.3 Å². The Hall–Kier alpha value is -2.93. The number of esters is 1. The van der Waals surface area contributed by atoms with E-state index in [0.29, 0.717) is 11.1 Å². The molecule has 248 valence electrons. The first kappa shape index (κ1) is 33.4. The molecule has 0 amide bonds. The Labute approximate surface area is 257 Å². The van der Waals surface area contributed by atoms with Gasteiger partial charge in [0.05, 0.1) is 37.6 Å². The van der Waals surface area contributed by atoms with Crippen molar-refractivity contribution in [2.75, 3.05) is 13.2 Å². The molecule has 0 spiro atoms. The molecule has 15 heteroatoms. The van der Waals surface area contributed by atoms with Gasteiger partial charge in [0.2, 0.25) is 6.29 Å². The number of aliphatic hydroxyl groups excluding tert-OH is 7. The second-order valence-corrected chi connectivity index (χ2v) is 11.3. The van der Waals surface area contributed by atoms with Gasteiger partial charge in [0.1, 0.15) is 42.4 Å². The van der Waals surface area contributed by atoms with Crippen molar-refractivity contribution in [2.24, 2.45) is 11.8 Å². The SMILES string of the molecule is C[C@@H]1O[C@@H](OC2C=C(CO)C3C(O[C@@H]4O[C@H](CO)[C@@H](O)[C@H](O)[C@H]4O)OC=CC23)[C@H](OC(=O)/C=C/c2ccc(O)cc2)[C@H](O)[C@H]1O. The van der Waals surface area contributed by atoms with Crippen LogP contribution in [0.1, 0.15) is 12.5 Å². The van der Waals surface area contributed by atoms with E-state index in [0.717, 1.165) is 6.08 Å². The van der Waals surface area contributed by atoms with Crippen molar-refractivity contribution < 1.29 is 74.1 Å². The predicted octanol–water partition coefficient (Wildman–Crippen LogP) is -1.98. The Morgan fingerprint density at radius 3 is 2.31 bits per heavy atom. The highest BCUT2D eigenvalue weighted by molar-refractivity contribution is 5.87. The van der Waals surface area contributed by atoms with Crippen LogP contribution >= 0.6 is 0 Å². The number of benzene rings is 1. The largest absolute Gasteiger partial charge is 0.508 e. The van der Waals surface area contributed by atoms with Crippen molar-refractivity contribution in [1.29, 1.82) is 0 Å². The standard InChI is InChI=1S/C30H38O15/c1-13-22(35)25(38)27(44-20(34)7-4-14-2-5-16(33)6-3-14)30(41-13)42-18-10-15(11-31)21-17(18)8-9-40-28(21)45-29-26(39)24(37)23(36)19(12-32)43-29/h2-10,13,17-19,21-33,35-39H,11-12H2,1H3/b7-4+/t13-,17?,18?,19+,21?,22-,23+,24-,25+,26+,27+,28?,29-,30-/m0/s1. The topological polar surface area (TPSA) is 234 Å². The Balaban J connectivity index is 1.30. The second kappa shape index (κ2) is 14.2. The average Bonchev–Trinajstić information content (AvgIpc) is 3.40. The third-order valence-corrected chi connectivity index (χ3v) is 8.34. The van der Waals surface area contributed by atoms with Crippen LogP contribution in [0.5, 0.6) is 5.75 Å². The van der Waals surface area contributed by atoms with Crippen LogP contribution in [0.3, 0.4) is 0 Å². The van der Waals surface area contributed by atoms with E-state index in [2.05, 4.69) is 0 Å². The highest BCUT2D eigenvalue weighted by atomic mass is 16.8. The van der Waals surface area contributed by atoms with Crippen molar-refractivity contribution in [3.8, 4) is 5.75 Å². The lowest BCUT2D eigenvalue weighted by molar-refractivity contribution is -0.341. The second-order valence-electron chi connectivity index (χ2n) is 11.3. The molecule has 4 unspecified atom stereocenters. The molecule has 8 N–H and O–H groups in total. The van der Waals surface area contributed by atoms with Crippen molar-refractivity contribution in [1.82, 2.24) is 0 Å². The maximum Gasteiger partial charge on any atom is 0.331 e. The van der Waals surface area contributed by atoms with E-state index in [9.17, 15) is 45.6 Å². The van der Waals surface area contributed by atoms with Crippen LogP contribution in [0.2, 0.25) is 0 Å².